The molecule has 4 nitrogen and oxygen atoms in total. The molecule has 0 spiro atoms. The van der Waals surface area contributed by atoms with E-state index in [2.05, 4.69) is 29.7 Å². The minimum absolute atomic E-state index is 0.00503. The molecule has 1 rings (SSSR count). The molecule has 0 bridgehead atoms. The van der Waals surface area contributed by atoms with Crippen molar-refractivity contribution in [2.24, 2.45) is 0 Å². The highest BCUT2D eigenvalue weighted by molar-refractivity contribution is 6.81. The lowest BCUT2D eigenvalue weighted by molar-refractivity contribution is -0.150. The van der Waals surface area contributed by atoms with Crippen molar-refractivity contribution in [1.82, 2.24) is 5.32 Å². The quantitative estimate of drug-likeness (QED) is 0.399. The molecule has 1 aliphatic rings. The molecule has 1 saturated heterocycles. The average molecular weight is 201 g/mol. The van der Waals surface area contributed by atoms with Crippen LogP contribution in [0, 0.1) is 0 Å². The van der Waals surface area contributed by atoms with Crippen molar-refractivity contribution in [2.75, 3.05) is 7.11 Å². The zero-order valence-electron chi connectivity index (χ0n) is 8.38. The summed E-state index contributed by atoms with van der Waals surface area (Å²) in [6, 6.07) is -0.399. The van der Waals surface area contributed by atoms with Crippen LogP contribution in [0.4, 0.5) is 0 Å². The summed E-state index contributed by atoms with van der Waals surface area (Å²) in [7, 11) is -0.251. The molecule has 0 radical (unpaired) electrons. The minimum atomic E-state index is -1.59. The third-order valence-electron chi connectivity index (χ3n) is 2.30. The number of carbonyl (C=O) groups is 2. The molecule has 1 N–H and O–H groups in total. The van der Waals surface area contributed by atoms with Gasteiger partial charge in [0.15, 0.2) is 0 Å². The molecule has 0 saturated carbocycles. The van der Waals surface area contributed by atoms with Crippen molar-refractivity contribution in [1.29, 1.82) is 0 Å². The molecule has 2 unspecified atom stereocenters. The Balaban J connectivity index is 2.73. The Hall–Kier alpha value is -0.843. The van der Waals surface area contributed by atoms with Gasteiger partial charge in [-0.05, 0) is 0 Å². The van der Waals surface area contributed by atoms with E-state index >= 15 is 0 Å². The molecule has 5 heteroatoms. The van der Waals surface area contributed by atoms with Crippen LogP contribution in [0.5, 0.6) is 0 Å². The summed E-state index contributed by atoms with van der Waals surface area (Å²) in [5.41, 5.74) is -0.125. The Morgan fingerprint density at radius 3 is 2.31 bits per heavy atom. The fraction of sp³-hybridized carbons (Fsp3) is 0.750. The van der Waals surface area contributed by atoms with Crippen LogP contribution in [0.15, 0.2) is 0 Å². The van der Waals surface area contributed by atoms with Gasteiger partial charge in [-0.25, -0.2) is 4.79 Å². The lowest BCUT2D eigenvalue weighted by Gasteiger charge is -2.41. The number of hydrogen-bond donors (Lipinski definition) is 1. The second-order valence-corrected chi connectivity index (χ2v) is 9.71. The Labute approximate surface area is 78.7 Å². The normalized spacial score (nSPS) is 27.5. The van der Waals surface area contributed by atoms with Gasteiger partial charge < -0.3 is 10.1 Å². The molecule has 0 aliphatic carbocycles. The first kappa shape index (κ1) is 10.2. The monoisotopic (exact) mass is 201 g/mol. The number of esters is 1. The van der Waals surface area contributed by atoms with Gasteiger partial charge in [-0.3, -0.25) is 4.79 Å². The number of methoxy groups -OCH3 is 1. The van der Waals surface area contributed by atoms with Crippen LogP contribution in [0.25, 0.3) is 0 Å². The summed E-state index contributed by atoms with van der Waals surface area (Å²) in [5, 5.41) is 2.57. The van der Waals surface area contributed by atoms with Crippen LogP contribution in [-0.2, 0) is 14.3 Å². The Bertz CT molecular complexity index is 246. The summed E-state index contributed by atoms with van der Waals surface area (Å²) in [6.45, 7) is 6.23. The van der Waals surface area contributed by atoms with Crippen molar-refractivity contribution < 1.29 is 14.3 Å². The molecule has 0 aromatic heterocycles. The Morgan fingerprint density at radius 1 is 1.46 bits per heavy atom. The molecule has 1 fully saturated rings. The van der Waals surface area contributed by atoms with Crippen molar-refractivity contribution in [3.8, 4) is 0 Å². The van der Waals surface area contributed by atoms with E-state index in [1.165, 1.54) is 7.11 Å². The van der Waals surface area contributed by atoms with Crippen LogP contribution < -0.4 is 5.32 Å². The van der Waals surface area contributed by atoms with Crippen LogP contribution >= 0.6 is 0 Å². The van der Waals surface area contributed by atoms with Gasteiger partial charge in [0.25, 0.3) is 0 Å². The highest BCUT2D eigenvalue weighted by Gasteiger charge is 2.51. The number of amides is 1. The number of carbonyl (C=O) groups excluding carboxylic acids is 2. The number of hydrogen-bond acceptors (Lipinski definition) is 3. The molecule has 1 heterocycles. The van der Waals surface area contributed by atoms with Crippen LogP contribution in [0.2, 0.25) is 25.2 Å². The molecule has 74 valence electrons. The lowest BCUT2D eigenvalue weighted by atomic mass is 10.1. The van der Waals surface area contributed by atoms with Gasteiger partial charge >= 0.3 is 5.97 Å². The molecule has 0 aromatic rings. The van der Waals surface area contributed by atoms with Gasteiger partial charge in [-0.15, -0.1) is 0 Å². The standard InChI is InChI=1S/C8H15NO3Si/c1-12-8(11)5-6(7(10)9-5)13(2,3)4/h5-6H,1-4H3,(H,9,10). The van der Waals surface area contributed by atoms with E-state index in [1.54, 1.807) is 0 Å². The van der Waals surface area contributed by atoms with Gasteiger partial charge in [0.2, 0.25) is 5.91 Å². The first-order valence-electron chi connectivity index (χ1n) is 4.26. The third kappa shape index (κ3) is 1.74. The second kappa shape index (κ2) is 3.14. The van der Waals surface area contributed by atoms with E-state index in [0.29, 0.717) is 0 Å². The van der Waals surface area contributed by atoms with Crippen molar-refractivity contribution in [3.63, 3.8) is 0 Å². The largest absolute Gasteiger partial charge is 0.467 e. The van der Waals surface area contributed by atoms with Crippen LogP contribution in [0.1, 0.15) is 0 Å². The second-order valence-electron chi connectivity index (χ2n) is 4.35. The number of nitrogens with one attached hydrogen (secondary N) is 1. The van der Waals surface area contributed by atoms with Gasteiger partial charge in [-0.1, -0.05) is 19.6 Å². The van der Waals surface area contributed by atoms with E-state index in [1.807, 2.05) is 0 Å². The van der Waals surface area contributed by atoms with E-state index in [-0.39, 0.29) is 17.4 Å². The minimum Gasteiger partial charge on any atom is -0.467 e. The van der Waals surface area contributed by atoms with E-state index < -0.39 is 14.1 Å². The molecule has 0 aromatic carbocycles. The maximum atomic E-state index is 11.2. The number of β-lactam (4-membered cyclic amide) rings is 1. The SMILES string of the molecule is COC(=O)C1NC(=O)C1[Si](C)(C)C. The molecule has 13 heavy (non-hydrogen) atoms. The van der Waals surface area contributed by atoms with E-state index in [4.69, 9.17) is 0 Å². The summed E-state index contributed by atoms with van der Waals surface area (Å²) in [5.74, 6) is -0.332. The molecule has 1 aliphatic heterocycles. The maximum Gasteiger partial charge on any atom is 0.328 e. The Kier molecular flexibility index (Phi) is 2.47. The van der Waals surface area contributed by atoms with E-state index in [9.17, 15) is 9.59 Å². The highest BCUT2D eigenvalue weighted by Crippen LogP contribution is 2.32. The summed E-state index contributed by atoms with van der Waals surface area (Å²) in [4.78, 5) is 22.4. The fourth-order valence-corrected chi connectivity index (χ4v) is 3.69. The highest BCUT2D eigenvalue weighted by atomic mass is 28.3. The predicted octanol–water partition coefficient (Wildman–Crippen LogP) is 0.366. The van der Waals surface area contributed by atoms with Gasteiger partial charge in [-0.2, -0.15) is 0 Å². The molecular formula is C8H15NO3Si. The number of rotatable bonds is 2. The summed E-state index contributed by atoms with van der Waals surface area (Å²) >= 11 is 0. The molecular weight excluding hydrogens is 186 g/mol. The third-order valence-corrected chi connectivity index (χ3v) is 4.76. The topological polar surface area (TPSA) is 55.4 Å². The zero-order valence-corrected chi connectivity index (χ0v) is 9.38. The average Bonchev–Trinajstić information content (AvgIpc) is 1.95. The van der Waals surface area contributed by atoms with Gasteiger partial charge in [0.05, 0.1) is 20.7 Å². The Morgan fingerprint density at radius 2 is 2.00 bits per heavy atom. The number of ether oxygens (including phenoxy) is 1. The summed E-state index contributed by atoms with van der Waals surface area (Å²) in [6.07, 6.45) is 0. The van der Waals surface area contributed by atoms with Crippen molar-refractivity contribution in [2.45, 2.75) is 31.2 Å². The van der Waals surface area contributed by atoms with Gasteiger partial charge in [0.1, 0.15) is 6.04 Å². The summed E-state index contributed by atoms with van der Waals surface area (Å²) < 4.78 is 4.60. The van der Waals surface area contributed by atoms with Crippen molar-refractivity contribution in [3.05, 3.63) is 0 Å². The zero-order chi connectivity index (χ0) is 10.2. The maximum absolute atomic E-state index is 11.2. The predicted molar refractivity (Wildman–Crippen MR) is 51.0 cm³/mol. The molecule has 2 atom stereocenters. The van der Waals surface area contributed by atoms with Crippen LogP contribution in [0.3, 0.4) is 0 Å². The first-order chi connectivity index (χ1) is 5.88. The van der Waals surface area contributed by atoms with E-state index in [0.717, 1.165) is 0 Å². The fourth-order valence-electron chi connectivity index (χ4n) is 1.60. The van der Waals surface area contributed by atoms with Crippen LogP contribution in [-0.4, -0.2) is 33.1 Å². The van der Waals surface area contributed by atoms with Crippen molar-refractivity contribution >= 4 is 20.0 Å². The lowest BCUT2D eigenvalue weighted by Crippen LogP contribution is -2.65. The first-order valence-corrected chi connectivity index (χ1v) is 7.84. The smallest absolute Gasteiger partial charge is 0.328 e. The van der Waals surface area contributed by atoms with Gasteiger partial charge in [0, 0.05) is 0 Å². The molecule has 1 amide bonds.